The molecule has 0 aliphatic carbocycles. The highest BCUT2D eigenvalue weighted by molar-refractivity contribution is 8.16. The van der Waals surface area contributed by atoms with E-state index in [9.17, 15) is 14.4 Å². The summed E-state index contributed by atoms with van der Waals surface area (Å²) >= 11 is 0.878. The predicted octanol–water partition coefficient (Wildman–Crippen LogP) is 3.42. The molecular formula is C18H16N2O4S. The number of thioether (sulfide) groups is 1. The summed E-state index contributed by atoms with van der Waals surface area (Å²) in [6.45, 7) is 1.93. The normalized spacial score (nSPS) is 16.9. The third-order valence-corrected chi connectivity index (χ3v) is 4.70. The van der Waals surface area contributed by atoms with Gasteiger partial charge in [-0.1, -0.05) is 29.8 Å². The summed E-state index contributed by atoms with van der Waals surface area (Å²) in [5, 5.41) is 1.80. The quantitative estimate of drug-likeness (QED) is 0.846. The van der Waals surface area contributed by atoms with Crippen LogP contribution in [0.2, 0.25) is 0 Å². The van der Waals surface area contributed by atoms with E-state index in [2.05, 4.69) is 5.32 Å². The number of rotatable bonds is 4. The van der Waals surface area contributed by atoms with Gasteiger partial charge in [-0.05, 0) is 43.0 Å². The molecule has 0 radical (unpaired) electrons. The van der Waals surface area contributed by atoms with Gasteiger partial charge in [0.2, 0.25) is 0 Å². The van der Waals surface area contributed by atoms with Crippen LogP contribution < -0.4 is 10.2 Å². The lowest BCUT2D eigenvalue weighted by Gasteiger charge is -2.16. The average Bonchev–Trinajstić information content (AvgIpc) is 2.89. The number of aryl methyl sites for hydroxylation is 1. The molecule has 2 amide bonds. The van der Waals surface area contributed by atoms with Crippen molar-refractivity contribution in [1.29, 1.82) is 0 Å². The van der Waals surface area contributed by atoms with Crippen molar-refractivity contribution in [1.82, 2.24) is 0 Å². The largest absolute Gasteiger partial charge is 0.465 e. The number of methoxy groups -OCH3 is 1. The first kappa shape index (κ1) is 17.0. The Bertz CT molecular complexity index is 835. The number of benzene rings is 2. The highest BCUT2D eigenvalue weighted by Crippen LogP contribution is 2.33. The molecule has 3 rings (SSSR count). The van der Waals surface area contributed by atoms with Crippen molar-refractivity contribution < 1.29 is 19.1 Å². The number of nitrogens with one attached hydrogen (secondary N) is 1. The summed E-state index contributed by atoms with van der Waals surface area (Å²) in [4.78, 5) is 37.9. The molecule has 1 saturated heterocycles. The van der Waals surface area contributed by atoms with Crippen molar-refractivity contribution in [2.75, 3.05) is 17.3 Å². The van der Waals surface area contributed by atoms with Gasteiger partial charge in [-0.25, -0.2) is 9.69 Å². The number of hydrogen-bond donors (Lipinski definition) is 1. The van der Waals surface area contributed by atoms with Gasteiger partial charge < -0.3 is 10.1 Å². The van der Waals surface area contributed by atoms with Crippen molar-refractivity contribution in [2.45, 2.75) is 12.3 Å². The molecule has 0 saturated carbocycles. The Hall–Kier alpha value is -2.80. The Morgan fingerprint density at radius 2 is 1.80 bits per heavy atom. The van der Waals surface area contributed by atoms with E-state index in [0.29, 0.717) is 16.9 Å². The van der Waals surface area contributed by atoms with Crippen molar-refractivity contribution in [3.8, 4) is 0 Å². The van der Waals surface area contributed by atoms with Gasteiger partial charge in [0.25, 0.3) is 11.1 Å². The maximum Gasteiger partial charge on any atom is 0.339 e. The van der Waals surface area contributed by atoms with Gasteiger partial charge in [0.1, 0.15) is 0 Å². The zero-order valence-corrected chi connectivity index (χ0v) is 14.5. The van der Waals surface area contributed by atoms with Gasteiger partial charge in [0.05, 0.1) is 18.4 Å². The fourth-order valence-electron chi connectivity index (χ4n) is 2.47. The highest BCUT2D eigenvalue weighted by Gasteiger charge is 2.41. The molecule has 128 valence electrons. The number of imide groups is 1. The number of carbonyl (C=O) groups is 3. The first-order chi connectivity index (χ1) is 12.0. The zero-order chi connectivity index (χ0) is 18.0. The zero-order valence-electron chi connectivity index (χ0n) is 13.7. The van der Waals surface area contributed by atoms with Crippen molar-refractivity contribution >= 4 is 40.3 Å². The van der Waals surface area contributed by atoms with Crippen LogP contribution in [0.5, 0.6) is 0 Å². The van der Waals surface area contributed by atoms with Crippen LogP contribution in [-0.4, -0.2) is 29.6 Å². The van der Waals surface area contributed by atoms with Crippen LogP contribution in [0.15, 0.2) is 48.5 Å². The van der Waals surface area contributed by atoms with Gasteiger partial charge in [0, 0.05) is 5.69 Å². The monoisotopic (exact) mass is 356 g/mol. The molecule has 6 nitrogen and oxygen atoms in total. The van der Waals surface area contributed by atoms with Gasteiger partial charge in [-0.2, -0.15) is 0 Å². The SMILES string of the molecule is COC(=O)c1ccccc1N[C@H]1SC(=O)N(c2ccc(C)cc2)C1=O. The molecule has 1 fully saturated rings. The van der Waals surface area contributed by atoms with Crippen molar-refractivity contribution in [3.05, 3.63) is 59.7 Å². The molecule has 7 heteroatoms. The standard InChI is InChI=1S/C18H16N2O4S/c1-11-7-9-12(10-8-11)20-16(21)15(25-18(20)23)19-14-6-4-3-5-13(14)17(22)24-2/h3-10,15,19H,1-2H3/t15-/m0/s1. The summed E-state index contributed by atoms with van der Waals surface area (Å²) in [5.74, 6) is -0.890. The fraction of sp³-hybridized carbons (Fsp3) is 0.167. The average molecular weight is 356 g/mol. The minimum Gasteiger partial charge on any atom is -0.465 e. The molecule has 1 N–H and O–H groups in total. The fourth-order valence-corrected chi connectivity index (χ4v) is 3.36. The Morgan fingerprint density at radius 1 is 1.12 bits per heavy atom. The van der Waals surface area contributed by atoms with E-state index in [4.69, 9.17) is 4.74 Å². The lowest BCUT2D eigenvalue weighted by molar-refractivity contribution is -0.116. The maximum absolute atomic E-state index is 12.7. The Labute approximate surface area is 149 Å². The molecule has 1 heterocycles. The van der Waals surface area contributed by atoms with Crippen LogP contribution in [0.25, 0.3) is 0 Å². The minimum atomic E-state index is -0.806. The molecule has 1 atom stereocenters. The van der Waals surface area contributed by atoms with E-state index >= 15 is 0 Å². The van der Waals surface area contributed by atoms with E-state index in [1.54, 1.807) is 36.4 Å². The molecule has 2 aromatic rings. The Kier molecular flexibility index (Phi) is 4.76. The van der Waals surface area contributed by atoms with Crippen LogP contribution in [-0.2, 0) is 9.53 Å². The minimum absolute atomic E-state index is 0.305. The van der Waals surface area contributed by atoms with Crippen LogP contribution in [0.1, 0.15) is 15.9 Å². The number of hydrogen-bond acceptors (Lipinski definition) is 6. The smallest absolute Gasteiger partial charge is 0.339 e. The highest BCUT2D eigenvalue weighted by atomic mass is 32.2. The number of amides is 2. The first-order valence-corrected chi connectivity index (χ1v) is 8.44. The lowest BCUT2D eigenvalue weighted by atomic mass is 10.2. The van der Waals surface area contributed by atoms with Crippen molar-refractivity contribution in [2.24, 2.45) is 0 Å². The van der Waals surface area contributed by atoms with E-state index in [0.717, 1.165) is 22.2 Å². The van der Waals surface area contributed by atoms with Gasteiger partial charge >= 0.3 is 5.97 Å². The van der Waals surface area contributed by atoms with Crippen molar-refractivity contribution in [3.63, 3.8) is 0 Å². The lowest BCUT2D eigenvalue weighted by Crippen LogP contribution is -2.34. The molecule has 0 spiro atoms. The van der Waals surface area contributed by atoms with Crippen LogP contribution >= 0.6 is 11.8 Å². The molecular weight excluding hydrogens is 340 g/mol. The van der Waals surface area contributed by atoms with Crippen LogP contribution in [0.3, 0.4) is 0 Å². The second kappa shape index (κ2) is 6.98. The summed E-state index contributed by atoms with van der Waals surface area (Å²) in [5.41, 5.74) is 2.31. The summed E-state index contributed by atoms with van der Waals surface area (Å²) in [6.07, 6.45) is 0. The molecule has 0 bridgehead atoms. The number of esters is 1. The Morgan fingerprint density at radius 3 is 2.48 bits per heavy atom. The number of anilines is 2. The molecule has 1 aliphatic heterocycles. The topological polar surface area (TPSA) is 75.7 Å². The second-order valence-corrected chi connectivity index (χ2v) is 6.51. The maximum atomic E-state index is 12.7. The molecule has 0 aromatic heterocycles. The second-order valence-electron chi connectivity index (χ2n) is 5.45. The summed E-state index contributed by atoms with van der Waals surface area (Å²) < 4.78 is 4.74. The number of nitrogens with zero attached hydrogens (tertiary/aromatic N) is 1. The predicted molar refractivity (Wildman–Crippen MR) is 96.8 cm³/mol. The number of carbonyl (C=O) groups excluding carboxylic acids is 3. The molecule has 25 heavy (non-hydrogen) atoms. The van der Waals surface area contributed by atoms with Crippen LogP contribution in [0, 0.1) is 6.92 Å². The van der Waals surface area contributed by atoms with Gasteiger partial charge in [-0.15, -0.1) is 0 Å². The molecule has 0 unspecified atom stereocenters. The van der Waals surface area contributed by atoms with Crippen LogP contribution in [0.4, 0.5) is 16.2 Å². The number of ether oxygens (including phenoxy) is 1. The van der Waals surface area contributed by atoms with E-state index in [-0.39, 0.29) is 11.1 Å². The molecule has 2 aromatic carbocycles. The summed E-state index contributed by atoms with van der Waals surface area (Å²) in [7, 11) is 1.29. The van der Waals surface area contributed by atoms with E-state index < -0.39 is 11.3 Å². The summed E-state index contributed by atoms with van der Waals surface area (Å²) in [6, 6.07) is 13.8. The first-order valence-electron chi connectivity index (χ1n) is 7.56. The molecule has 1 aliphatic rings. The third-order valence-electron chi connectivity index (χ3n) is 3.76. The van der Waals surface area contributed by atoms with E-state index in [1.807, 2.05) is 19.1 Å². The third kappa shape index (κ3) is 3.36. The van der Waals surface area contributed by atoms with Gasteiger partial charge in [0.15, 0.2) is 5.37 Å². The Balaban J connectivity index is 1.84. The number of para-hydroxylation sites is 1. The van der Waals surface area contributed by atoms with E-state index in [1.165, 1.54) is 7.11 Å². The van der Waals surface area contributed by atoms with Gasteiger partial charge in [-0.3, -0.25) is 9.59 Å².